The van der Waals surface area contributed by atoms with Gasteiger partial charge in [0.25, 0.3) is 0 Å². The molecule has 4 fully saturated rings. The van der Waals surface area contributed by atoms with Crippen LogP contribution in [-0.4, -0.2) is 55.1 Å². The molecule has 4 saturated heterocycles. The average Bonchev–Trinajstić information content (AvgIpc) is 2.45. The number of hydrogen-bond donors (Lipinski definition) is 5. The van der Waals surface area contributed by atoms with Crippen LogP contribution in [0.2, 0.25) is 0 Å². The van der Waals surface area contributed by atoms with Crippen molar-refractivity contribution in [3.63, 3.8) is 0 Å². The molecule has 128 valence electrons. The van der Waals surface area contributed by atoms with Crippen molar-refractivity contribution in [1.82, 2.24) is 16.0 Å². The Kier molecular flexibility index (Phi) is 3.89. The Bertz CT molecular complexity index is 512. The van der Waals surface area contributed by atoms with E-state index in [9.17, 15) is 14.7 Å². The Balaban J connectivity index is 1.49. The predicted octanol–water partition coefficient (Wildman–Crippen LogP) is -1.72. The number of carbonyl (C=O) groups excluding carboxylic acids is 1. The van der Waals surface area contributed by atoms with E-state index in [1.165, 1.54) is 0 Å². The molecule has 0 aromatic heterocycles. The monoisotopic (exact) mass is 324 g/mol. The maximum atomic E-state index is 12.9. The van der Waals surface area contributed by atoms with Gasteiger partial charge in [0.1, 0.15) is 18.2 Å². The summed E-state index contributed by atoms with van der Waals surface area (Å²) in [4.78, 5) is 24.3. The molecule has 4 aliphatic rings. The second-order valence-electron chi connectivity index (χ2n) is 7.29. The number of hydrogen-bond acceptors (Lipinski definition) is 7. The van der Waals surface area contributed by atoms with Crippen LogP contribution in [0.15, 0.2) is 0 Å². The highest BCUT2D eigenvalue weighted by atomic mass is 16.5. The first kappa shape index (κ1) is 15.5. The number of nitrogens with two attached hydrogens (primary N) is 1. The van der Waals surface area contributed by atoms with Crippen LogP contribution in [0, 0.1) is 29.6 Å². The minimum atomic E-state index is -0.960. The van der Waals surface area contributed by atoms with Gasteiger partial charge >= 0.3 is 5.97 Å². The van der Waals surface area contributed by atoms with E-state index in [2.05, 4.69) is 16.0 Å². The van der Waals surface area contributed by atoms with Crippen LogP contribution < -0.4 is 21.7 Å². The lowest BCUT2D eigenvalue weighted by Gasteiger charge is -2.50. The van der Waals surface area contributed by atoms with Crippen molar-refractivity contribution in [2.45, 2.75) is 31.5 Å². The zero-order valence-electron chi connectivity index (χ0n) is 12.9. The largest absolute Gasteiger partial charge is 0.481 e. The Hall–Kier alpha value is -1.06. The molecule has 0 saturated carbocycles. The van der Waals surface area contributed by atoms with E-state index in [1.807, 2.05) is 0 Å². The van der Waals surface area contributed by atoms with Crippen LogP contribution >= 0.6 is 0 Å². The molecule has 6 N–H and O–H groups in total. The number of rotatable bonds is 2. The number of aliphatic carboxylic acids is 1. The van der Waals surface area contributed by atoms with Crippen molar-refractivity contribution in [3.05, 3.63) is 0 Å². The summed E-state index contributed by atoms with van der Waals surface area (Å²) in [5, 5.41) is 18.9. The molecule has 0 spiro atoms. The molecule has 7 atom stereocenters. The number of carboxylic acid groups (broad SMARTS) is 1. The van der Waals surface area contributed by atoms with Crippen molar-refractivity contribution in [2.24, 2.45) is 35.3 Å². The summed E-state index contributed by atoms with van der Waals surface area (Å²) in [5.74, 6) is -1.07. The van der Waals surface area contributed by atoms with E-state index < -0.39 is 30.2 Å². The third-order valence-electron chi connectivity index (χ3n) is 5.99. The number of nitrogens with one attached hydrogen (secondary N) is 3. The van der Waals surface area contributed by atoms with Crippen molar-refractivity contribution in [2.75, 3.05) is 19.6 Å². The van der Waals surface area contributed by atoms with Gasteiger partial charge in [-0.2, -0.15) is 0 Å². The van der Waals surface area contributed by atoms with Crippen LogP contribution in [0.3, 0.4) is 0 Å². The molecule has 0 amide bonds. The summed E-state index contributed by atoms with van der Waals surface area (Å²) in [5.41, 5.74) is 5.88. The molecule has 23 heavy (non-hydrogen) atoms. The number of fused-ring (bicyclic) bond motifs is 2. The summed E-state index contributed by atoms with van der Waals surface area (Å²) in [7, 11) is 0. The lowest BCUT2D eigenvalue weighted by Crippen LogP contribution is -2.68. The van der Waals surface area contributed by atoms with Gasteiger partial charge < -0.3 is 20.9 Å². The molecule has 4 aliphatic heterocycles. The number of piperidine rings is 2. The highest BCUT2D eigenvalue weighted by Crippen LogP contribution is 2.39. The predicted molar refractivity (Wildman–Crippen MR) is 80.0 cm³/mol. The SMILES string of the molecule is NC1NC2OC3NCC(C4CNC4)CC3C(=O)C2CC1C(=O)O. The third kappa shape index (κ3) is 2.58. The normalized spacial score (nSPS) is 47.3. The van der Waals surface area contributed by atoms with Crippen molar-refractivity contribution >= 4 is 11.8 Å². The van der Waals surface area contributed by atoms with Gasteiger partial charge in [0.15, 0.2) is 0 Å². The summed E-state index contributed by atoms with van der Waals surface area (Å²) in [6, 6.07) is 0. The fraction of sp³-hybridized carbons (Fsp3) is 0.867. The van der Waals surface area contributed by atoms with Crippen LogP contribution in [0.5, 0.6) is 0 Å². The van der Waals surface area contributed by atoms with Gasteiger partial charge in [0, 0.05) is 6.54 Å². The summed E-state index contributed by atoms with van der Waals surface area (Å²) >= 11 is 0. The Labute approximate surface area is 134 Å². The lowest BCUT2D eigenvalue weighted by atomic mass is 9.71. The first-order valence-corrected chi connectivity index (χ1v) is 8.42. The molecule has 0 bridgehead atoms. The van der Waals surface area contributed by atoms with Crippen molar-refractivity contribution in [1.29, 1.82) is 0 Å². The van der Waals surface area contributed by atoms with Gasteiger partial charge in [0.2, 0.25) is 0 Å². The van der Waals surface area contributed by atoms with E-state index >= 15 is 0 Å². The van der Waals surface area contributed by atoms with Crippen LogP contribution in [0.25, 0.3) is 0 Å². The van der Waals surface area contributed by atoms with Crippen molar-refractivity contribution in [3.8, 4) is 0 Å². The summed E-state index contributed by atoms with van der Waals surface area (Å²) < 4.78 is 6.01. The van der Waals surface area contributed by atoms with Gasteiger partial charge in [-0.15, -0.1) is 0 Å². The average molecular weight is 324 g/mol. The van der Waals surface area contributed by atoms with E-state index in [0.717, 1.165) is 26.1 Å². The quantitative estimate of drug-likeness (QED) is 0.406. The molecule has 4 rings (SSSR count). The molecule has 0 aromatic carbocycles. The molecule has 4 heterocycles. The minimum Gasteiger partial charge on any atom is -0.481 e. The van der Waals surface area contributed by atoms with Crippen molar-refractivity contribution < 1.29 is 19.4 Å². The molecule has 0 aromatic rings. The molecular weight excluding hydrogens is 300 g/mol. The summed E-state index contributed by atoms with van der Waals surface area (Å²) in [6.07, 6.45) is -0.366. The molecule has 8 nitrogen and oxygen atoms in total. The highest BCUT2D eigenvalue weighted by molar-refractivity contribution is 5.86. The maximum Gasteiger partial charge on any atom is 0.309 e. The number of carbonyl (C=O) groups is 2. The molecule has 7 unspecified atom stereocenters. The van der Waals surface area contributed by atoms with Crippen LogP contribution in [0.4, 0.5) is 0 Å². The van der Waals surface area contributed by atoms with Gasteiger partial charge in [-0.05, 0) is 37.8 Å². The molecule has 8 heteroatoms. The van der Waals surface area contributed by atoms with Gasteiger partial charge in [0.05, 0.1) is 23.9 Å². The topological polar surface area (TPSA) is 126 Å². The van der Waals surface area contributed by atoms with Gasteiger partial charge in [-0.1, -0.05) is 0 Å². The first-order valence-electron chi connectivity index (χ1n) is 8.42. The van der Waals surface area contributed by atoms with Crippen LogP contribution in [0.1, 0.15) is 12.8 Å². The Morgan fingerprint density at radius 1 is 1.13 bits per heavy atom. The lowest BCUT2D eigenvalue weighted by molar-refractivity contribution is -0.189. The second-order valence-corrected chi connectivity index (χ2v) is 7.29. The third-order valence-corrected chi connectivity index (χ3v) is 5.99. The van der Waals surface area contributed by atoms with E-state index in [4.69, 9.17) is 10.5 Å². The zero-order chi connectivity index (χ0) is 16.1. The maximum absolute atomic E-state index is 12.9. The van der Waals surface area contributed by atoms with Gasteiger partial charge in [-0.3, -0.25) is 20.2 Å². The molecular formula is C15H24N4O4. The Morgan fingerprint density at radius 2 is 1.87 bits per heavy atom. The highest BCUT2D eigenvalue weighted by Gasteiger charge is 2.52. The first-order chi connectivity index (χ1) is 11.0. The number of ether oxygens (including phenoxy) is 1. The fourth-order valence-electron chi connectivity index (χ4n) is 4.41. The number of carboxylic acids is 1. The van der Waals surface area contributed by atoms with E-state index in [-0.39, 0.29) is 24.3 Å². The molecule has 0 aliphatic carbocycles. The standard InChI is InChI=1S/C15H24N4O4/c16-12-10(15(21)22)2-9-11(20)8-1-6(7-3-17-4-7)5-18-13(8)23-14(9)19-12/h6-10,12-14,17-19H,1-5,16H2,(H,21,22). The number of Topliss-reactive ketones (excluding diaryl/α,β-unsaturated/α-hetero) is 1. The molecule has 0 radical (unpaired) electrons. The number of ketones is 1. The summed E-state index contributed by atoms with van der Waals surface area (Å²) in [6.45, 7) is 2.90. The van der Waals surface area contributed by atoms with E-state index in [1.54, 1.807) is 0 Å². The Morgan fingerprint density at radius 3 is 2.52 bits per heavy atom. The zero-order valence-corrected chi connectivity index (χ0v) is 12.9. The smallest absolute Gasteiger partial charge is 0.309 e. The van der Waals surface area contributed by atoms with Gasteiger partial charge in [-0.25, -0.2) is 0 Å². The minimum absolute atomic E-state index is 0.126. The fourth-order valence-corrected chi connectivity index (χ4v) is 4.41. The van der Waals surface area contributed by atoms with Crippen LogP contribution in [-0.2, 0) is 14.3 Å². The second kappa shape index (κ2) is 5.78. The van der Waals surface area contributed by atoms with E-state index in [0.29, 0.717) is 11.8 Å².